The van der Waals surface area contributed by atoms with Gasteiger partial charge in [0.2, 0.25) is 0 Å². The summed E-state index contributed by atoms with van der Waals surface area (Å²) in [6.45, 7) is 0. The minimum absolute atomic E-state index is 0.0197. The van der Waals surface area contributed by atoms with Gasteiger partial charge in [-0.3, -0.25) is 4.98 Å². The van der Waals surface area contributed by atoms with Crippen LogP contribution in [-0.4, -0.2) is 10.7 Å². The lowest BCUT2D eigenvalue weighted by Crippen LogP contribution is -2.13. The van der Waals surface area contributed by atoms with Crippen LogP contribution in [0.5, 0.6) is 0 Å². The van der Waals surface area contributed by atoms with Gasteiger partial charge < -0.3 is 5.73 Å². The number of hydrogen-bond acceptors (Lipinski definition) is 3. The molecule has 3 rings (SSSR count). The second-order valence-electron chi connectivity index (χ2n) is 4.67. The van der Waals surface area contributed by atoms with Gasteiger partial charge in [-0.1, -0.05) is 36.4 Å². The molecule has 1 atom stereocenters. The highest BCUT2D eigenvalue weighted by Crippen LogP contribution is 2.27. The van der Waals surface area contributed by atoms with Gasteiger partial charge in [-0.05, 0) is 29.1 Å². The van der Waals surface area contributed by atoms with Crippen molar-refractivity contribution in [3.8, 4) is 0 Å². The van der Waals surface area contributed by atoms with E-state index in [1.807, 2.05) is 30.6 Å². The van der Waals surface area contributed by atoms with Crippen LogP contribution in [0.15, 0.2) is 71.9 Å². The lowest BCUT2D eigenvalue weighted by molar-refractivity contribution is 0.840. The standard InChI is InChI=1S/C17H16N2S/c18-17(12-20-14-6-2-1-3-7-14)16-8-4-5-13-11-19-10-9-15(13)16/h1-11,17H,12,18H2. The lowest BCUT2D eigenvalue weighted by Gasteiger charge is -2.14. The predicted octanol–water partition coefficient (Wildman–Crippen LogP) is 4.03. The molecular formula is C17H16N2S. The van der Waals surface area contributed by atoms with E-state index in [1.54, 1.807) is 11.8 Å². The molecule has 3 heteroatoms. The highest BCUT2D eigenvalue weighted by Gasteiger charge is 2.10. The molecule has 2 aromatic carbocycles. The van der Waals surface area contributed by atoms with Gasteiger partial charge in [-0.15, -0.1) is 11.8 Å². The SMILES string of the molecule is NC(CSc1ccccc1)c1cccc2cnccc12. The summed E-state index contributed by atoms with van der Waals surface area (Å²) in [5.41, 5.74) is 7.56. The summed E-state index contributed by atoms with van der Waals surface area (Å²) in [5.74, 6) is 0.867. The zero-order valence-corrected chi connectivity index (χ0v) is 11.9. The van der Waals surface area contributed by atoms with E-state index in [4.69, 9.17) is 5.73 Å². The Morgan fingerprint density at radius 2 is 1.85 bits per heavy atom. The van der Waals surface area contributed by atoms with E-state index in [0.717, 1.165) is 11.1 Å². The lowest BCUT2D eigenvalue weighted by atomic mass is 10.0. The molecule has 0 fully saturated rings. The molecule has 1 unspecified atom stereocenters. The molecule has 0 aliphatic carbocycles. The smallest absolute Gasteiger partial charge is 0.0396 e. The van der Waals surface area contributed by atoms with Crippen molar-refractivity contribution < 1.29 is 0 Å². The molecule has 0 aliphatic rings. The van der Waals surface area contributed by atoms with E-state index >= 15 is 0 Å². The average molecular weight is 280 g/mol. The normalized spacial score (nSPS) is 12.4. The van der Waals surface area contributed by atoms with E-state index in [2.05, 4.69) is 41.4 Å². The van der Waals surface area contributed by atoms with Gasteiger partial charge in [-0.2, -0.15) is 0 Å². The maximum Gasteiger partial charge on any atom is 0.0396 e. The first-order valence-corrected chi connectivity index (χ1v) is 7.59. The second kappa shape index (κ2) is 6.07. The monoisotopic (exact) mass is 280 g/mol. The largest absolute Gasteiger partial charge is 0.323 e. The van der Waals surface area contributed by atoms with E-state index in [9.17, 15) is 0 Å². The predicted molar refractivity (Wildman–Crippen MR) is 85.8 cm³/mol. The third-order valence-electron chi connectivity index (χ3n) is 3.29. The molecule has 100 valence electrons. The first-order chi connectivity index (χ1) is 9.84. The highest BCUT2D eigenvalue weighted by atomic mass is 32.2. The molecule has 2 nitrogen and oxygen atoms in total. The van der Waals surface area contributed by atoms with Crippen LogP contribution in [0.2, 0.25) is 0 Å². The Morgan fingerprint density at radius 1 is 1.00 bits per heavy atom. The van der Waals surface area contributed by atoms with Crippen molar-refractivity contribution in [1.29, 1.82) is 0 Å². The van der Waals surface area contributed by atoms with Gasteiger partial charge in [0, 0.05) is 34.5 Å². The van der Waals surface area contributed by atoms with Gasteiger partial charge in [-0.25, -0.2) is 0 Å². The fraction of sp³-hybridized carbons (Fsp3) is 0.118. The van der Waals surface area contributed by atoms with Crippen LogP contribution in [-0.2, 0) is 0 Å². The summed E-state index contributed by atoms with van der Waals surface area (Å²) < 4.78 is 0. The van der Waals surface area contributed by atoms with Gasteiger partial charge in [0.25, 0.3) is 0 Å². The topological polar surface area (TPSA) is 38.9 Å². The maximum absolute atomic E-state index is 6.37. The first kappa shape index (κ1) is 13.2. The van der Waals surface area contributed by atoms with Gasteiger partial charge in [0.1, 0.15) is 0 Å². The number of rotatable bonds is 4. The Labute approximate surface area is 123 Å². The second-order valence-corrected chi connectivity index (χ2v) is 5.77. The molecule has 1 heterocycles. The molecule has 0 amide bonds. The minimum atomic E-state index is 0.0197. The van der Waals surface area contributed by atoms with Gasteiger partial charge in [0.15, 0.2) is 0 Å². The van der Waals surface area contributed by atoms with E-state index in [1.165, 1.54) is 15.8 Å². The number of benzene rings is 2. The van der Waals surface area contributed by atoms with Crippen molar-refractivity contribution in [2.24, 2.45) is 5.73 Å². The van der Waals surface area contributed by atoms with Crippen molar-refractivity contribution in [1.82, 2.24) is 4.98 Å². The van der Waals surface area contributed by atoms with Crippen molar-refractivity contribution in [3.05, 3.63) is 72.6 Å². The van der Waals surface area contributed by atoms with Crippen molar-refractivity contribution >= 4 is 22.5 Å². The summed E-state index contributed by atoms with van der Waals surface area (Å²) >= 11 is 1.79. The number of fused-ring (bicyclic) bond motifs is 1. The summed E-state index contributed by atoms with van der Waals surface area (Å²) in [5, 5.41) is 2.34. The van der Waals surface area contributed by atoms with E-state index in [-0.39, 0.29) is 6.04 Å². The van der Waals surface area contributed by atoms with Crippen LogP contribution in [0.25, 0.3) is 10.8 Å². The summed E-state index contributed by atoms with van der Waals surface area (Å²) in [6, 6.07) is 18.7. The Kier molecular flexibility index (Phi) is 4.00. The number of hydrogen-bond donors (Lipinski definition) is 1. The van der Waals surface area contributed by atoms with Crippen LogP contribution < -0.4 is 5.73 Å². The third-order valence-corrected chi connectivity index (χ3v) is 4.42. The zero-order chi connectivity index (χ0) is 13.8. The Morgan fingerprint density at radius 3 is 2.70 bits per heavy atom. The van der Waals surface area contributed by atoms with Crippen molar-refractivity contribution in [2.45, 2.75) is 10.9 Å². The molecule has 3 aromatic rings. The first-order valence-electron chi connectivity index (χ1n) is 6.60. The zero-order valence-electron chi connectivity index (χ0n) is 11.1. The molecule has 0 saturated heterocycles. The average Bonchev–Trinajstić information content (AvgIpc) is 2.53. The van der Waals surface area contributed by atoms with E-state index in [0.29, 0.717) is 0 Å². The molecule has 0 aliphatic heterocycles. The summed E-state index contributed by atoms with van der Waals surface area (Å²) in [4.78, 5) is 5.42. The molecule has 0 bridgehead atoms. The minimum Gasteiger partial charge on any atom is -0.323 e. The molecular weight excluding hydrogens is 264 g/mol. The van der Waals surface area contributed by atoms with Crippen LogP contribution in [0.1, 0.15) is 11.6 Å². The molecule has 0 saturated carbocycles. The number of nitrogens with zero attached hydrogens (tertiary/aromatic N) is 1. The Bertz CT molecular complexity index is 692. The fourth-order valence-electron chi connectivity index (χ4n) is 2.26. The van der Waals surface area contributed by atoms with Crippen LogP contribution in [0.3, 0.4) is 0 Å². The fourth-order valence-corrected chi connectivity index (χ4v) is 3.16. The quantitative estimate of drug-likeness (QED) is 0.733. The number of thioether (sulfide) groups is 1. The number of aromatic nitrogens is 1. The van der Waals surface area contributed by atoms with Gasteiger partial charge >= 0.3 is 0 Å². The van der Waals surface area contributed by atoms with Crippen molar-refractivity contribution in [2.75, 3.05) is 5.75 Å². The van der Waals surface area contributed by atoms with Gasteiger partial charge in [0.05, 0.1) is 0 Å². The van der Waals surface area contributed by atoms with E-state index < -0.39 is 0 Å². The highest BCUT2D eigenvalue weighted by molar-refractivity contribution is 7.99. The van der Waals surface area contributed by atoms with Crippen LogP contribution >= 0.6 is 11.8 Å². The Balaban J connectivity index is 1.80. The Hall–Kier alpha value is -1.84. The maximum atomic E-state index is 6.37. The van der Waals surface area contributed by atoms with Crippen LogP contribution in [0.4, 0.5) is 0 Å². The summed E-state index contributed by atoms with van der Waals surface area (Å²) in [6.07, 6.45) is 3.71. The molecule has 2 N–H and O–H groups in total. The summed E-state index contributed by atoms with van der Waals surface area (Å²) in [7, 11) is 0. The van der Waals surface area contributed by atoms with Crippen LogP contribution in [0, 0.1) is 0 Å². The number of nitrogens with two attached hydrogens (primary N) is 1. The van der Waals surface area contributed by atoms with Crippen molar-refractivity contribution in [3.63, 3.8) is 0 Å². The molecule has 0 radical (unpaired) electrons. The molecule has 0 spiro atoms. The number of pyridine rings is 1. The third kappa shape index (κ3) is 2.84. The molecule has 20 heavy (non-hydrogen) atoms. The molecule has 1 aromatic heterocycles.